The fourth-order valence-electron chi connectivity index (χ4n) is 3.75. The molecule has 28 heavy (non-hydrogen) atoms. The minimum Gasteiger partial charge on any atom is -0.508 e. The van der Waals surface area contributed by atoms with Crippen LogP contribution in [0.3, 0.4) is 0 Å². The number of amides is 2. The Kier molecular flexibility index (Phi) is 6.52. The van der Waals surface area contributed by atoms with Crippen LogP contribution in [0.5, 0.6) is 5.75 Å². The van der Waals surface area contributed by atoms with Crippen molar-refractivity contribution in [3.8, 4) is 5.75 Å². The highest BCUT2D eigenvalue weighted by atomic mass is 35.5. The third kappa shape index (κ3) is 5.01. The average molecular weight is 402 g/mol. The molecule has 7 heteroatoms. The number of piperidine rings is 1. The van der Waals surface area contributed by atoms with Crippen molar-refractivity contribution >= 4 is 29.1 Å². The molecule has 0 saturated carbocycles. The fourth-order valence-corrected chi connectivity index (χ4v) is 3.92. The van der Waals surface area contributed by atoms with Gasteiger partial charge in [-0.15, -0.1) is 0 Å². The zero-order chi connectivity index (χ0) is 20.1. The first kappa shape index (κ1) is 20.1. The molecule has 2 N–H and O–H groups in total. The SMILES string of the molecule is CCC1CN(C(=O)c2ccnc(Cl)c2)CCC1CC(=O)Nc1cccc(O)c1. The summed E-state index contributed by atoms with van der Waals surface area (Å²) in [5, 5.41) is 12.7. The van der Waals surface area contributed by atoms with E-state index in [4.69, 9.17) is 11.6 Å². The van der Waals surface area contributed by atoms with E-state index in [0.717, 1.165) is 12.8 Å². The smallest absolute Gasteiger partial charge is 0.254 e. The molecule has 1 saturated heterocycles. The largest absolute Gasteiger partial charge is 0.508 e. The summed E-state index contributed by atoms with van der Waals surface area (Å²) in [6, 6.07) is 9.77. The molecule has 148 valence electrons. The van der Waals surface area contributed by atoms with Crippen molar-refractivity contribution in [3.05, 3.63) is 53.3 Å². The Hall–Kier alpha value is -2.60. The lowest BCUT2D eigenvalue weighted by molar-refractivity contribution is -0.117. The maximum atomic E-state index is 12.8. The topological polar surface area (TPSA) is 82.5 Å². The van der Waals surface area contributed by atoms with Gasteiger partial charge in [-0.05, 0) is 42.5 Å². The maximum absolute atomic E-state index is 12.8. The fraction of sp³-hybridized carbons (Fsp3) is 0.381. The summed E-state index contributed by atoms with van der Waals surface area (Å²) < 4.78 is 0. The van der Waals surface area contributed by atoms with Crippen molar-refractivity contribution in [3.63, 3.8) is 0 Å². The van der Waals surface area contributed by atoms with E-state index in [-0.39, 0.29) is 29.4 Å². The molecule has 2 amide bonds. The van der Waals surface area contributed by atoms with E-state index in [0.29, 0.717) is 35.9 Å². The summed E-state index contributed by atoms with van der Waals surface area (Å²) in [6.45, 7) is 3.32. The van der Waals surface area contributed by atoms with Gasteiger partial charge in [-0.25, -0.2) is 4.98 Å². The molecule has 2 heterocycles. The van der Waals surface area contributed by atoms with Crippen molar-refractivity contribution in [2.24, 2.45) is 11.8 Å². The second-order valence-electron chi connectivity index (χ2n) is 7.14. The number of aromatic hydroxyl groups is 1. The van der Waals surface area contributed by atoms with Crippen molar-refractivity contribution < 1.29 is 14.7 Å². The van der Waals surface area contributed by atoms with Gasteiger partial charge >= 0.3 is 0 Å². The number of hydrogen-bond acceptors (Lipinski definition) is 4. The Balaban J connectivity index is 1.59. The summed E-state index contributed by atoms with van der Waals surface area (Å²) >= 11 is 5.90. The van der Waals surface area contributed by atoms with Gasteiger partial charge in [-0.1, -0.05) is 31.0 Å². The van der Waals surface area contributed by atoms with Crippen LogP contribution in [0.15, 0.2) is 42.6 Å². The zero-order valence-corrected chi connectivity index (χ0v) is 16.5. The number of benzene rings is 1. The summed E-state index contributed by atoms with van der Waals surface area (Å²) in [6.07, 6.45) is 3.60. The number of nitrogens with one attached hydrogen (secondary N) is 1. The molecule has 2 aromatic rings. The van der Waals surface area contributed by atoms with Crippen LogP contribution in [0.1, 0.15) is 36.5 Å². The molecule has 3 rings (SSSR count). The number of anilines is 1. The summed E-state index contributed by atoms with van der Waals surface area (Å²) in [5.74, 6) is 0.463. The second-order valence-corrected chi connectivity index (χ2v) is 7.53. The third-order valence-electron chi connectivity index (χ3n) is 5.25. The first-order valence-electron chi connectivity index (χ1n) is 9.46. The summed E-state index contributed by atoms with van der Waals surface area (Å²) in [5.41, 5.74) is 1.12. The molecule has 2 atom stereocenters. The lowest BCUT2D eigenvalue weighted by atomic mass is 9.81. The van der Waals surface area contributed by atoms with E-state index in [1.165, 1.54) is 12.3 Å². The Labute approximate surface area is 169 Å². The Bertz CT molecular complexity index is 858. The Morgan fingerprint density at radius 1 is 1.29 bits per heavy atom. The minimum atomic E-state index is -0.0743. The van der Waals surface area contributed by atoms with Gasteiger partial charge in [0.15, 0.2) is 0 Å². The van der Waals surface area contributed by atoms with E-state index in [9.17, 15) is 14.7 Å². The number of carbonyl (C=O) groups excluding carboxylic acids is 2. The molecule has 2 unspecified atom stereocenters. The van der Waals surface area contributed by atoms with E-state index in [1.54, 1.807) is 30.3 Å². The van der Waals surface area contributed by atoms with Gasteiger partial charge < -0.3 is 15.3 Å². The molecule has 0 aliphatic carbocycles. The number of halogens is 1. The number of likely N-dealkylation sites (tertiary alicyclic amines) is 1. The van der Waals surface area contributed by atoms with Crippen LogP contribution in [0.4, 0.5) is 5.69 Å². The predicted octanol–water partition coefficient (Wildman–Crippen LogP) is 3.96. The quantitative estimate of drug-likeness (QED) is 0.743. The van der Waals surface area contributed by atoms with Crippen LogP contribution in [0.25, 0.3) is 0 Å². The molecule has 0 bridgehead atoms. The number of aromatic nitrogens is 1. The summed E-state index contributed by atoms with van der Waals surface area (Å²) in [4.78, 5) is 30.9. The van der Waals surface area contributed by atoms with Crippen LogP contribution >= 0.6 is 11.6 Å². The standard InChI is InChI=1S/C21H24ClN3O3/c1-2-14-13-25(21(28)16-6-8-23-19(22)10-16)9-7-15(14)11-20(27)24-17-4-3-5-18(26)12-17/h3-6,8,10,12,14-15,26H,2,7,9,11,13H2,1H3,(H,24,27). The molecule has 1 aromatic carbocycles. The van der Waals surface area contributed by atoms with Crippen LogP contribution in [-0.2, 0) is 4.79 Å². The van der Waals surface area contributed by atoms with Crippen LogP contribution in [-0.4, -0.2) is 39.9 Å². The van der Waals surface area contributed by atoms with Crippen LogP contribution in [0.2, 0.25) is 5.15 Å². The minimum absolute atomic E-state index is 0.0505. The maximum Gasteiger partial charge on any atom is 0.254 e. The van der Waals surface area contributed by atoms with E-state index in [1.807, 2.05) is 4.90 Å². The van der Waals surface area contributed by atoms with Gasteiger partial charge in [-0.2, -0.15) is 0 Å². The molecule has 0 spiro atoms. The molecule has 1 fully saturated rings. The van der Waals surface area contributed by atoms with Crippen molar-refractivity contribution in [2.45, 2.75) is 26.2 Å². The lowest BCUT2D eigenvalue weighted by Crippen LogP contribution is -2.44. The molecular weight excluding hydrogens is 378 g/mol. The van der Waals surface area contributed by atoms with Gasteiger partial charge in [0, 0.05) is 43.0 Å². The van der Waals surface area contributed by atoms with Crippen LogP contribution < -0.4 is 5.32 Å². The highest BCUT2D eigenvalue weighted by Crippen LogP contribution is 2.30. The Morgan fingerprint density at radius 3 is 2.82 bits per heavy atom. The van der Waals surface area contributed by atoms with Crippen LogP contribution in [0, 0.1) is 11.8 Å². The van der Waals surface area contributed by atoms with Gasteiger partial charge in [0.1, 0.15) is 10.9 Å². The summed E-state index contributed by atoms with van der Waals surface area (Å²) in [7, 11) is 0. The zero-order valence-electron chi connectivity index (χ0n) is 15.8. The van der Waals surface area contributed by atoms with Crippen molar-refractivity contribution in [1.29, 1.82) is 0 Å². The molecule has 6 nitrogen and oxygen atoms in total. The molecule has 0 radical (unpaired) electrons. The first-order valence-corrected chi connectivity index (χ1v) is 9.83. The number of phenolic OH excluding ortho intramolecular Hbond substituents is 1. The van der Waals surface area contributed by atoms with Gasteiger partial charge in [0.25, 0.3) is 5.91 Å². The highest BCUT2D eigenvalue weighted by Gasteiger charge is 2.32. The molecule has 1 aliphatic rings. The first-order chi connectivity index (χ1) is 13.5. The number of phenols is 1. The van der Waals surface area contributed by atoms with Crippen molar-refractivity contribution in [1.82, 2.24) is 9.88 Å². The molecular formula is C21H24ClN3O3. The third-order valence-corrected chi connectivity index (χ3v) is 5.46. The number of hydrogen-bond donors (Lipinski definition) is 2. The number of carbonyl (C=O) groups is 2. The normalized spacial score (nSPS) is 19.3. The van der Waals surface area contributed by atoms with E-state index < -0.39 is 0 Å². The van der Waals surface area contributed by atoms with E-state index >= 15 is 0 Å². The number of pyridine rings is 1. The van der Waals surface area contributed by atoms with E-state index in [2.05, 4.69) is 17.2 Å². The Morgan fingerprint density at radius 2 is 2.11 bits per heavy atom. The van der Waals surface area contributed by atoms with Gasteiger partial charge in [0.05, 0.1) is 0 Å². The highest BCUT2D eigenvalue weighted by molar-refractivity contribution is 6.29. The van der Waals surface area contributed by atoms with Gasteiger partial charge in [0.2, 0.25) is 5.91 Å². The molecule has 1 aromatic heterocycles. The predicted molar refractivity (Wildman–Crippen MR) is 108 cm³/mol. The average Bonchev–Trinajstić information content (AvgIpc) is 2.67. The number of rotatable bonds is 5. The van der Waals surface area contributed by atoms with Gasteiger partial charge in [-0.3, -0.25) is 9.59 Å². The molecule has 1 aliphatic heterocycles. The number of nitrogens with zero attached hydrogens (tertiary/aromatic N) is 2. The monoisotopic (exact) mass is 401 g/mol. The second kappa shape index (κ2) is 9.06. The lowest BCUT2D eigenvalue weighted by Gasteiger charge is -2.38. The van der Waals surface area contributed by atoms with Crippen molar-refractivity contribution in [2.75, 3.05) is 18.4 Å².